The Labute approximate surface area is 146 Å². The van der Waals surface area contributed by atoms with Crippen molar-refractivity contribution in [3.63, 3.8) is 0 Å². The maximum absolute atomic E-state index is 12.7. The second kappa shape index (κ2) is 7.23. The molecule has 0 unspecified atom stereocenters. The predicted molar refractivity (Wildman–Crippen MR) is 90.7 cm³/mol. The standard InChI is InChI=1S/C18H22N4O3/c23-18(13-3-1-4-13)22-8-10-24-12-15(22)17-19-7-6-16(21-17)20-11-14-5-2-9-25-14/h2,5-7,9,13,15H,1,3-4,8,10-12H2,(H,19,20,21)/t15-/m1/s1. The van der Waals surface area contributed by atoms with Crippen LogP contribution in [0.25, 0.3) is 0 Å². The molecule has 132 valence electrons. The molecule has 1 aliphatic carbocycles. The fraction of sp³-hybridized carbons (Fsp3) is 0.500. The zero-order valence-electron chi connectivity index (χ0n) is 14.1. The average molecular weight is 342 g/mol. The minimum absolute atomic E-state index is 0.167. The van der Waals surface area contributed by atoms with Gasteiger partial charge in [-0.2, -0.15) is 0 Å². The molecule has 7 nitrogen and oxygen atoms in total. The largest absolute Gasteiger partial charge is 0.467 e. The summed E-state index contributed by atoms with van der Waals surface area (Å²) in [6, 6.07) is 5.36. The number of ether oxygens (including phenoxy) is 1. The van der Waals surface area contributed by atoms with E-state index in [9.17, 15) is 4.79 Å². The van der Waals surface area contributed by atoms with Crippen molar-refractivity contribution < 1.29 is 13.9 Å². The van der Waals surface area contributed by atoms with E-state index in [-0.39, 0.29) is 17.9 Å². The van der Waals surface area contributed by atoms with Gasteiger partial charge in [0.25, 0.3) is 0 Å². The maximum Gasteiger partial charge on any atom is 0.226 e. The molecule has 2 aromatic rings. The van der Waals surface area contributed by atoms with Gasteiger partial charge in [0, 0.05) is 18.7 Å². The molecule has 1 amide bonds. The van der Waals surface area contributed by atoms with Gasteiger partial charge in [0.15, 0.2) is 5.82 Å². The Bertz CT molecular complexity index is 715. The first-order valence-electron chi connectivity index (χ1n) is 8.78. The molecule has 2 aliphatic rings. The van der Waals surface area contributed by atoms with Crippen molar-refractivity contribution in [3.8, 4) is 0 Å². The quantitative estimate of drug-likeness (QED) is 0.898. The Hall–Kier alpha value is -2.41. The molecule has 0 bridgehead atoms. The van der Waals surface area contributed by atoms with E-state index in [4.69, 9.17) is 9.15 Å². The number of nitrogens with zero attached hydrogens (tertiary/aromatic N) is 3. The van der Waals surface area contributed by atoms with Crippen LogP contribution in [0, 0.1) is 5.92 Å². The highest BCUT2D eigenvalue weighted by Gasteiger charge is 2.36. The number of amides is 1. The number of hydrogen-bond acceptors (Lipinski definition) is 6. The molecule has 1 N–H and O–H groups in total. The summed E-state index contributed by atoms with van der Waals surface area (Å²) in [7, 11) is 0. The monoisotopic (exact) mass is 342 g/mol. The summed E-state index contributed by atoms with van der Waals surface area (Å²) >= 11 is 0. The van der Waals surface area contributed by atoms with E-state index >= 15 is 0 Å². The molecule has 2 fully saturated rings. The summed E-state index contributed by atoms with van der Waals surface area (Å²) in [6.45, 7) is 2.17. The Morgan fingerprint density at radius 1 is 1.36 bits per heavy atom. The molecular weight excluding hydrogens is 320 g/mol. The number of rotatable bonds is 5. The van der Waals surface area contributed by atoms with Gasteiger partial charge in [-0.25, -0.2) is 9.97 Å². The number of hydrogen-bond donors (Lipinski definition) is 1. The van der Waals surface area contributed by atoms with E-state index in [2.05, 4.69) is 15.3 Å². The van der Waals surface area contributed by atoms with Crippen LogP contribution in [0.4, 0.5) is 5.82 Å². The third-order valence-corrected chi connectivity index (χ3v) is 4.86. The van der Waals surface area contributed by atoms with Crippen LogP contribution >= 0.6 is 0 Å². The number of anilines is 1. The lowest BCUT2D eigenvalue weighted by molar-refractivity contribution is -0.147. The lowest BCUT2D eigenvalue weighted by atomic mass is 9.84. The number of aromatic nitrogens is 2. The first-order valence-corrected chi connectivity index (χ1v) is 8.78. The Morgan fingerprint density at radius 3 is 3.04 bits per heavy atom. The van der Waals surface area contributed by atoms with Gasteiger partial charge in [-0.3, -0.25) is 4.79 Å². The van der Waals surface area contributed by atoms with Gasteiger partial charge in [0.2, 0.25) is 5.91 Å². The minimum Gasteiger partial charge on any atom is -0.467 e. The first kappa shape index (κ1) is 16.1. The lowest BCUT2D eigenvalue weighted by Crippen LogP contribution is -2.47. The summed E-state index contributed by atoms with van der Waals surface area (Å²) in [6.07, 6.45) is 6.50. The molecule has 7 heteroatoms. The summed E-state index contributed by atoms with van der Waals surface area (Å²) < 4.78 is 10.9. The van der Waals surface area contributed by atoms with Gasteiger partial charge in [0.1, 0.15) is 17.6 Å². The zero-order valence-corrected chi connectivity index (χ0v) is 14.1. The van der Waals surface area contributed by atoms with Gasteiger partial charge in [-0.05, 0) is 31.0 Å². The number of carbonyl (C=O) groups is 1. The van der Waals surface area contributed by atoms with Crippen molar-refractivity contribution in [1.82, 2.24) is 14.9 Å². The van der Waals surface area contributed by atoms with E-state index in [1.807, 2.05) is 23.1 Å². The lowest BCUT2D eigenvalue weighted by Gasteiger charge is -2.38. The molecule has 0 spiro atoms. The third-order valence-electron chi connectivity index (χ3n) is 4.86. The Kier molecular flexibility index (Phi) is 4.65. The molecule has 1 saturated carbocycles. The number of nitrogens with one attached hydrogen (secondary N) is 1. The minimum atomic E-state index is -0.216. The van der Waals surface area contributed by atoms with Crippen LogP contribution < -0.4 is 5.32 Å². The van der Waals surface area contributed by atoms with Crippen LogP contribution in [-0.4, -0.2) is 40.5 Å². The van der Waals surface area contributed by atoms with E-state index in [1.165, 1.54) is 0 Å². The second-order valence-corrected chi connectivity index (χ2v) is 6.48. The highest BCUT2D eigenvalue weighted by molar-refractivity contribution is 5.80. The first-order chi connectivity index (χ1) is 12.3. The molecule has 0 aromatic carbocycles. The van der Waals surface area contributed by atoms with Crippen molar-refractivity contribution in [2.24, 2.45) is 5.92 Å². The van der Waals surface area contributed by atoms with Crippen LogP contribution in [0.15, 0.2) is 35.1 Å². The van der Waals surface area contributed by atoms with Crippen LogP contribution in [-0.2, 0) is 16.1 Å². The topological polar surface area (TPSA) is 80.5 Å². The van der Waals surface area contributed by atoms with Crippen LogP contribution in [0.5, 0.6) is 0 Å². The van der Waals surface area contributed by atoms with Crippen molar-refractivity contribution in [3.05, 3.63) is 42.2 Å². The summed E-state index contributed by atoms with van der Waals surface area (Å²) in [5.74, 6) is 2.56. The Morgan fingerprint density at radius 2 is 2.28 bits per heavy atom. The second-order valence-electron chi connectivity index (χ2n) is 6.48. The Balaban J connectivity index is 1.48. The fourth-order valence-electron chi connectivity index (χ4n) is 3.19. The molecule has 0 radical (unpaired) electrons. The van der Waals surface area contributed by atoms with E-state index in [0.717, 1.165) is 25.0 Å². The summed E-state index contributed by atoms with van der Waals surface area (Å²) in [5, 5.41) is 3.23. The van der Waals surface area contributed by atoms with Crippen molar-refractivity contribution in [2.45, 2.75) is 31.8 Å². The van der Waals surface area contributed by atoms with Gasteiger partial charge < -0.3 is 19.4 Å². The normalized spacial score (nSPS) is 21.0. The summed E-state index contributed by atoms with van der Waals surface area (Å²) in [4.78, 5) is 23.6. The summed E-state index contributed by atoms with van der Waals surface area (Å²) in [5.41, 5.74) is 0. The number of morpholine rings is 1. The highest BCUT2D eigenvalue weighted by atomic mass is 16.5. The molecule has 1 aliphatic heterocycles. The third kappa shape index (κ3) is 3.51. The molecule has 2 aromatic heterocycles. The molecular formula is C18H22N4O3. The maximum atomic E-state index is 12.7. The zero-order chi connectivity index (χ0) is 17.1. The van der Waals surface area contributed by atoms with Crippen LogP contribution in [0.2, 0.25) is 0 Å². The number of furan rings is 1. The van der Waals surface area contributed by atoms with E-state index in [1.54, 1.807) is 12.5 Å². The molecule has 4 rings (SSSR count). The smallest absolute Gasteiger partial charge is 0.226 e. The average Bonchev–Trinajstić information content (AvgIpc) is 3.12. The predicted octanol–water partition coefficient (Wildman–Crippen LogP) is 2.38. The van der Waals surface area contributed by atoms with Crippen LogP contribution in [0.3, 0.4) is 0 Å². The fourth-order valence-corrected chi connectivity index (χ4v) is 3.19. The number of carbonyl (C=O) groups excluding carboxylic acids is 1. The molecule has 1 atom stereocenters. The van der Waals surface area contributed by atoms with Gasteiger partial charge in [-0.15, -0.1) is 0 Å². The molecule has 1 saturated heterocycles. The van der Waals surface area contributed by atoms with Crippen molar-refractivity contribution in [2.75, 3.05) is 25.1 Å². The van der Waals surface area contributed by atoms with Gasteiger partial charge in [0.05, 0.1) is 26.0 Å². The molecule has 25 heavy (non-hydrogen) atoms. The van der Waals surface area contributed by atoms with Crippen molar-refractivity contribution >= 4 is 11.7 Å². The van der Waals surface area contributed by atoms with Gasteiger partial charge in [-0.1, -0.05) is 6.42 Å². The van der Waals surface area contributed by atoms with Crippen molar-refractivity contribution in [1.29, 1.82) is 0 Å². The highest BCUT2D eigenvalue weighted by Crippen LogP contribution is 2.32. The van der Waals surface area contributed by atoms with Crippen LogP contribution in [0.1, 0.15) is 36.9 Å². The van der Waals surface area contributed by atoms with E-state index < -0.39 is 0 Å². The van der Waals surface area contributed by atoms with E-state index in [0.29, 0.717) is 37.9 Å². The SMILES string of the molecule is O=C(C1CCC1)N1CCOC[C@@H]1c1nccc(NCc2ccco2)n1. The molecule has 3 heterocycles. The van der Waals surface area contributed by atoms with Gasteiger partial charge >= 0.3 is 0 Å².